The Morgan fingerprint density at radius 3 is 3.00 bits per heavy atom. The highest BCUT2D eigenvalue weighted by Crippen LogP contribution is 2.34. The van der Waals surface area contributed by atoms with E-state index in [0.717, 1.165) is 42.1 Å². The van der Waals surface area contributed by atoms with Crippen molar-refractivity contribution in [3.8, 4) is 11.5 Å². The average molecular weight is 232 g/mol. The molecule has 4 heteroatoms. The summed E-state index contributed by atoms with van der Waals surface area (Å²) in [5, 5.41) is 0. The lowest BCUT2D eigenvalue weighted by Crippen LogP contribution is -2.12. The van der Waals surface area contributed by atoms with Gasteiger partial charge >= 0.3 is 0 Å². The van der Waals surface area contributed by atoms with Gasteiger partial charge in [-0.2, -0.15) is 0 Å². The van der Waals surface area contributed by atoms with E-state index in [4.69, 9.17) is 22.1 Å². The van der Waals surface area contributed by atoms with Gasteiger partial charge < -0.3 is 14.2 Å². The molecular formula is C13H17BO3. The van der Waals surface area contributed by atoms with E-state index < -0.39 is 0 Å². The Bertz CT molecular complexity index is 379. The van der Waals surface area contributed by atoms with Crippen LogP contribution in [0.3, 0.4) is 0 Å². The lowest BCUT2D eigenvalue weighted by molar-refractivity contribution is 0.145. The average Bonchev–Trinajstić information content (AvgIpc) is 2.38. The van der Waals surface area contributed by atoms with Crippen LogP contribution in [0.4, 0.5) is 0 Å². The molecule has 1 aromatic rings. The minimum Gasteiger partial charge on any atom is -0.493 e. The van der Waals surface area contributed by atoms with Crippen molar-refractivity contribution >= 4 is 7.85 Å². The summed E-state index contributed by atoms with van der Waals surface area (Å²) in [5.41, 5.74) is 2.20. The van der Waals surface area contributed by atoms with Gasteiger partial charge in [0.25, 0.3) is 0 Å². The number of fused-ring (bicyclic) bond motifs is 1. The molecule has 17 heavy (non-hydrogen) atoms. The van der Waals surface area contributed by atoms with E-state index in [1.165, 1.54) is 0 Å². The first-order valence-corrected chi connectivity index (χ1v) is 5.95. The lowest BCUT2D eigenvalue weighted by atomic mass is 9.93. The highest BCUT2D eigenvalue weighted by Gasteiger charge is 2.16. The SMILES string of the molecule is [B]Cc1cc2c(c(OCCOC)c1)CCCO2. The fourth-order valence-electron chi connectivity index (χ4n) is 1.96. The number of methoxy groups -OCH3 is 1. The largest absolute Gasteiger partial charge is 0.493 e. The van der Waals surface area contributed by atoms with Gasteiger partial charge in [0.1, 0.15) is 18.1 Å². The zero-order valence-corrected chi connectivity index (χ0v) is 10.2. The molecular weight excluding hydrogens is 215 g/mol. The Morgan fingerprint density at radius 1 is 1.35 bits per heavy atom. The molecule has 90 valence electrons. The Balaban J connectivity index is 2.21. The highest BCUT2D eigenvalue weighted by atomic mass is 16.5. The monoisotopic (exact) mass is 232 g/mol. The molecule has 0 aromatic heterocycles. The smallest absolute Gasteiger partial charge is 0.126 e. The fourth-order valence-corrected chi connectivity index (χ4v) is 1.96. The molecule has 0 N–H and O–H groups in total. The number of ether oxygens (including phenoxy) is 3. The summed E-state index contributed by atoms with van der Waals surface area (Å²) in [6.45, 7) is 1.91. The van der Waals surface area contributed by atoms with Crippen LogP contribution in [0.1, 0.15) is 17.5 Å². The molecule has 2 radical (unpaired) electrons. The van der Waals surface area contributed by atoms with E-state index in [1.54, 1.807) is 7.11 Å². The Labute approximate surface area is 103 Å². The van der Waals surface area contributed by atoms with E-state index in [2.05, 4.69) is 0 Å². The minimum atomic E-state index is 0.497. The molecule has 1 aliphatic heterocycles. The summed E-state index contributed by atoms with van der Waals surface area (Å²) in [6, 6.07) is 4.01. The summed E-state index contributed by atoms with van der Waals surface area (Å²) in [5.74, 6) is 1.81. The second kappa shape index (κ2) is 5.96. The first-order chi connectivity index (χ1) is 8.35. The van der Waals surface area contributed by atoms with Crippen molar-refractivity contribution in [1.82, 2.24) is 0 Å². The number of hydrogen-bond acceptors (Lipinski definition) is 3. The van der Waals surface area contributed by atoms with Crippen LogP contribution in [-0.2, 0) is 17.5 Å². The molecule has 2 rings (SSSR count). The van der Waals surface area contributed by atoms with Crippen molar-refractivity contribution < 1.29 is 14.2 Å². The van der Waals surface area contributed by atoms with E-state index in [0.29, 0.717) is 19.5 Å². The molecule has 0 spiro atoms. The molecule has 0 unspecified atom stereocenters. The van der Waals surface area contributed by atoms with Crippen LogP contribution < -0.4 is 9.47 Å². The zero-order chi connectivity index (χ0) is 12.1. The van der Waals surface area contributed by atoms with Gasteiger partial charge in [-0.15, -0.1) is 0 Å². The molecule has 1 aromatic carbocycles. The first kappa shape index (κ1) is 12.3. The molecule has 0 atom stereocenters. The number of hydrogen-bond donors (Lipinski definition) is 0. The second-order valence-electron chi connectivity index (χ2n) is 4.07. The van der Waals surface area contributed by atoms with Crippen molar-refractivity contribution in [3.05, 3.63) is 23.3 Å². The molecule has 0 saturated heterocycles. The summed E-state index contributed by atoms with van der Waals surface area (Å²) in [4.78, 5) is 0. The fraction of sp³-hybridized carbons (Fsp3) is 0.538. The van der Waals surface area contributed by atoms with Crippen LogP contribution in [0.15, 0.2) is 12.1 Å². The van der Waals surface area contributed by atoms with Gasteiger partial charge in [-0.1, -0.05) is 6.32 Å². The van der Waals surface area contributed by atoms with Gasteiger partial charge in [0.2, 0.25) is 0 Å². The van der Waals surface area contributed by atoms with E-state index in [9.17, 15) is 0 Å². The van der Waals surface area contributed by atoms with Crippen LogP contribution in [0, 0.1) is 0 Å². The summed E-state index contributed by atoms with van der Waals surface area (Å²) in [7, 11) is 7.34. The highest BCUT2D eigenvalue weighted by molar-refractivity contribution is 6.08. The van der Waals surface area contributed by atoms with Gasteiger partial charge in [-0.3, -0.25) is 0 Å². The molecule has 0 bridgehead atoms. The summed E-state index contributed by atoms with van der Waals surface area (Å²) in [6.07, 6.45) is 2.54. The van der Waals surface area contributed by atoms with Gasteiger partial charge in [-0.05, 0) is 30.5 Å². The van der Waals surface area contributed by atoms with E-state index in [1.807, 2.05) is 12.1 Å². The molecule has 0 fully saturated rings. The molecule has 0 amide bonds. The summed E-state index contributed by atoms with van der Waals surface area (Å²) < 4.78 is 16.4. The van der Waals surface area contributed by atoms with Crippen molar-refractivity contribution in [2.24, 2.45) is 0 Å². The minimum absolute atomic E-state index is 0.497. The maximum absolute atomic E-state index is 5.73. The lowest BCUT2D eigenvalue weighted by Gasteiger charge is -2.21. The third-order valence-electron chi connectivity index (χ3n) is 2.84. The topological polar surface area (TPSA) is 27.7 Å². The van der Waals surface area contributed by atoms with Crippen LogP contribution >= 0.6 is 0 Å². The van der Waals surface area contributed by atoms with Crippen molar-refractivity contribution in [2.75, 3.05) is 26.9 Å². The maximum atomic E-state index is 5.73. The summed E-state index contributed by atoms with van der Waals surface area (Å²) >= 11 is 0. The number of benzene rings is 1. The predicted octanol–water partition coefficient (Wildman–Crippen LogP) is 1.71. The molecule has 3 nitrogen and oxygen atoms in total. The standard InChI is InChI=1S/C13H17BO3/c1-15-5-6-17-13-8-10(9-14)7-12-11(13)3-2-4-16-12/h7-8H,2-6,9H2,1H3. The van der Waals surface area contributed by atoms with Gasteiger partial charge in [-0.25, -0.2) is 0 Å². The second-order valence-corrected chi connectivity index (χ2v) is 4.07. The molecule has 0 aliphatic carbocycles. The van der Waals surface area contributed by atoms with Gasteiger partial charge in [0, 0.05) is 12.7 Å². The molecule has 0 saturated carbocycles. The zero-order valence-electron chi connectivity index (χ0n) is 10.2. The van der Waals surface area contributed by atoms with Crippen LogP contribution in [0.5, 0.6) is 11.5 Å². The third kappa shape index (κ3) is 2.94. The van der Waals surface area contributed by atoms with Crippen molar-refractivity contribution in [2.45, 2.75) is 19.2 Å². The molecule has 1 aliphatic rings. The first-order valence-electron chi connectivity index (χ1n) is 5.95. The van der Waals surface area contributed by atoms with Gasteiger partial charge in [0.05, 0.1) is 21.1 Å². The van der Waals surface area contributed by atoms with Crippen molar-refractivity contribution in [1.29, 1.82) is 0 Å². The molecule has 1 heterocycles. The normalized spacial score (nSPS) is 13.9. The Kier molecular flexibility index (Phi) is 4.32. The Morgan fingerprint density at radius 2 is 2.24 bits per heavy atom. The predicted molar refractivity (Wildman–Crippen MR) is 67.1 cm³/mol. The third-order valence-corrected chi connectivity index (χ3v) is 2.84. The van der Waals surface area contributed by atoms with Crippen LogP contribution in [-0.4, -0.2) is 34.8 Å². The number of rotatable bonds is 5. The maximum Gasteiger partial charge on any atom is 0.126 e. The van der Waals surface area contributed by atoms with E-state index >= 15 is 0 Å². The quantitative estimate of drug-likeness (QED) is 0.571. The van der Waals surface area contributed by atoms with Crippen molar-refractivity contribution in [3.63, 3.8) is 0 Å². The van der Waals surface area contributed by atoms with E-state index in [-0.39, 0.29) is 0 Å². The van der Waals surface area contributed by atoms with Crippen LogP contribution in [0.25, 0.3) is 0 Å². The van der Waals surface area contributed by atoms with Crippen LogP contribution in [0.2, 0.25) is 0 Å². The Hall–Kier alpha value is -1.16. The van der Waals surface area contributed by atoms with Gasteiger partial charge in [0.15, 0.2) is 0 Å².